The molecule has 1 aromatic rings. The van der Waals surface area contributed by atoms with Crippen LogP contribution in [0.4, 0.5) is 5.69 Å². The molecule has 1 heterocycles. The molecule has 0 aliphatic carbocycles. The Labute approximate surface area is 67.6 Å². The molecule has 54 valence electrons. The Balaban J connectivity index is 3.17. The molecule has 10 heavy (non-hydrogen) atoms. The van der Waals surface area contributed by atoms with Crippen LogP contribution in [0.3, 0.4) is 0 Å². The predicted molar refractivity (Wildman–Crippen MR) is 43.7 cm³/mol. The molecule has 0 aromatic carbocycles. The fourth-order valence-electron chi connectivity index (χ4n) is 0.619. The van der Waals surface area contributed by atoms with E-state index in [-0.39, 0.29) is 5.78 Å². The van der Waals surface area contributed by atoms with Crippen LogP contribution >= 0.6 is 22.9 Å². The second-order valence-electron chi connectivity index (χ2n) is 1.88. The van der Waals surface area contributed by atoms with Gasteiger partial charge < -0.3 is 5.73 Å². The minimum absolute atomic E-state index is 0.0330. The van der Waals surface area contributed by atoms with Crippen molar-refractivity contribution in [1.82, 2.24) is 0 Å². The molecule has 0 atom stereocenters. The molecule has 0 saturated heterocycles. The van der Waals surface area contributed by atoms with E-state index in [4.69, 9.17) is 17.3 Å². The fourth-order valence-corrected chi connectivity index (χ4v) is 1.65. The third-order valence-electron chi connectivity index (χ3n) is 1.10. The number of ketones is 1. The molecular weight excluding hydrogens is 170 g/mol. The van der Waals surface area contributed by atoms with E-state index in [1.807, 2.05) is 0 Å². The van der Waals surface area contributed by atoms with E-state index in [0.29, 0.717) is 15.6 Å². The van der Waals surface area contributed by atoms with E-state index in [0.717, 1.165) is 0 Å². The molecule has 0 saturated carbocycles. The monoisotopic (exact) mass is 175 g/mol. The molecule has 2 N–H and O–H groups in total. The highest BCUT2D eigenvalue weighted by Gasteiger charge is 2.09. The highest BCUT2D eigenvalue weighted by Crippen LogP contribution is 2.29. The SMILES string of the molecule is CC(=O)c1scc(Cl)c1N. The van der Waals surface area contributed by atoms with Crippen molar-refractivity contribution in [1.29, 1.82) is 0 Å². The summed E-state index contributed by atoms with van der Waals surface area (Å²) in [7, 11) is 0. The summed E-state index contributed by atoms with van der Waals surface area (Å²) >= 11 is 6.88. The Hall–Kier alpha value is -0.540. The summed E-state index contributed by atoms with van der Waals surface area (Å²) in [4.78, 5) is 11.3. The van der Waals surface area contributed by atoms with Gasteiger partial charge in [-0.25, -0.2) is 0 Å². The number of hydrogen-bond donors (Lipinski definition) is 1. The largest absolute Gasteiger partial charge is 0.396 e. The van der Waals surface area contributed by atoms with Crippen LogP contribution in [0.25, 0.3) is 0 Å². The third-order valence-corrected chi connectivity index (χ3v) is 2.64. The molecule has 4 heteroatoms. The first-order chi connectivity index (χ1) is 4.63. The van der Waals surface area contributed by atoms with Crippen LogP contribution in [-0.2, 0) is 0 Å². The molecule has 2 nitrogen and oxygen atoms in total. The Morgan fingerprint density at radius 3 is 2.60 bits per heavy atom. The molecule has 0 unspecified atom stereocenters. The van der Waals surface area contributed by atoms with Crippen molar-refractivity contribution in [3.05, 3.63) is 15.3 Å². The zero-order valence-electron chi connectivity index (χ0n) is 5.35. The van der Waals surface area contributed by atoms with Gasteiger partial charge in [0.05, 0.1) is 15.6 Å². The maximum absolute atomic E-state index is 10.8. The van der Waals surface area contributed by atoms with Gasteiger partial charge >= 0.3 is 0 Å². The molecule has 1 rings (SSSR count). The number of nitrogen functional groups attached to an aromatic ring is 1. The van der Waals surface area contributed by atoms with E-state index in [2.05, 4.69) is 0 Å². The number of anilines is 1. The average molecular weight is 176 g/mol. The smallest absolute Gasteiger partial charge is 0.171 e. The van der Waals surface area contributed by atoms with E-state index in [1.54, 1.807) is 5.38 Å². The summed E-state index contributed by atoms with van der Waals surface area (Å²) < 4.78 is 0. The molecule has 0 amide bonds. The van der Waals surface area contributed by atoms with Gasteiger partial charge in [0.25, 0.3) is 0 Å². The number of thiophene rings is 1. The Morgan fingerprint density at radius 2 is 2.40 bits per heavy atom. The lowest BCUT2D eigenvalue weighted by Gasteiger charge is -1.90. The van der Waals surface area contributed by atoms with Crippen molar-refractivity contribution in [2.45, 2.75) is 6.92 Å². The summed E-state index contributed by atoms with van der Waals surface area (Å²) in [6.45, 7) is 1.47. The van der Waals surface area contributed by atoms with Crippen LogP contribution in [-0.4, -0.2) is 5.78 Å². The van der Waals surface area contributed by atoms with Crippen molar-refractivity contribution in [3.63, 3.8) is 0 Å². The summed E-state index contributed by atoms with van der Waals surface area (Å²) in [5.41, 5.74) is 5.86. The summed E-state index contributed by atoms with van der Waals surface area (Å²) in [5, 5.41) is 2.13. The minimum Gasteiger partial charge on any atom is -0.396 e. The predicted octanol–water partition coefficient (Wildman–Crippen LogP) is 2.19. The van der Waals surface area contributed by atoms with Gasteiger partial charge in [0, 0.05) is 12.3 Å². The lowest BCUT2D eigenvalue weighted by atomic mass is 10.3. The molecule has 0 bridgehead atoms. The number of rotatable bonds is 1. The standard InChI is InChI=1S/C6H6ClNOS/c1-3(9)6-5(8)4(7)2-10-6/h2H,8H2,1H3. The van der Waals surface area contributed by atoms with Gasteiger partial charge in [-0.2, -0.15) is 0 Å². The number of carbonyl (C=O) groups is 1. The van der Waals surface area contributed by atoms with Crippen LogP contribution in [0.2, 0.25) is 5.02 Å². The van der Waals surface area contributed by atoms with Crippen molar-refractivity contribution in [2.24, 2.45) is 0 Å². The summed E-state index contributed by atoms with van der Waals surface area (Å²) in [6, 6.07) is 0. The van der Waals surface area contributed by atoms with Gasteiger partial charge in [-0.3, -0.25) is 4.79 Å². The van der Waals surface area contributed by atoms with Gasteiger partial charge in [-0.15, -0.1) is 11.3 Å². The number of Topliss-reactive ketones (excluding diaryl/α,β-unsaturated/α-hetero) is 1. The Morgan fingerprint density at radius 1 is 1.80 bits per heavy atom. The zero-order valence-corrected chi connectivity index (χ0v) is 6.92. The molecule has 0 fully saturated rings. The first-order valence-corrected chi connectivity index (χ1v) is 3.92. The van der Waals surface area contributed by atoms with Crippen LogP contribution in [0, 0.1) is 0 Å². The van der Waals surface area contributed by atoms with Gasteiger partial charge in [0.1, 0.15) is 0 Å². The van der Waals surface area contributed by atoms with Crippen molar-refractivity contribution in [3.8, 4) is 0 Å². The molecule has 0 spiro atoms. The quantitative estimate of drug-likeness (QED) is 0.665. The van der Waals surface area contributed by atoms with E-state index >= 15 is 0 Å². The maximum Gasteiger partial charge on any atom is 0.171 e. The minimum atomic E-state index is -0.0330. The first kappa shape index (κ1) is 7.57. The average Bonchev–Trinajstić information content (AvgIpc) is 2.14. The van der Waals surface area contributed by atoms with E-state index in [9.17, 15) is 4.79 Å². The van der Waals surface area contributed by atoms with Gasteiger partial charge in [0.15, 0.2) is 5.78 Å². The van der Waals surface area contributed by atoms with Gasteiger partial charge in [-0.1, -0.05) is 11.6 Å². The number of nitrogens with two attached hydrogens (primary N) is 1. The normalized spacial score (nSPS) is 9.80. The maximum atomic E-state index is 10.8. The molecular formula is C6H6ClNOS. The lowest BCUT2D eigenvalue weighted by molar-refractivity contribution is 0.102. The summed E-state index contributed by atoms with van der Waals surface area (Å²) in [6.07, 6.45) is 0. The van der Waals surface area contributed by atoms with Crippen molar-refractivity contribution < 1.29 is 4.79 Å². The fraction of sp³-hybridized carbons (Fsp3) is 0.167. The van der Waals surface area contributed by atoms with Crippen LogP contribution in [0.1, 0.15) is 16.6 Å². The number of hydrogen-bond acceptors (Lipinski definition) is 3. The second kappa shape index (κ2) is 2.60. The van der Waals surface area contributed by atoms with E-state index in [1.165, 1.54) is 18.3 Å². The molecule has 0 aliphatic heterocycles. The third kappa shape index (κ3) is 1.15. The topological polar surface area (TPSA) is 43.1 Å². The Bertz CT molecular complexity index is 269. The highest BCUT2D eigenvalue weighted by molar-refractivity contribution is 7.13. The van der Waals surface area contributed by atoms with Gasteiger partial charge in [-0.05, 0) is 0 Å². The number of halogens is 1. The van der Waals surface area contributed by atoms with Crippen molar-refractivity contribution >= 4 is 34.4 Å². The van der Waals surface area contributed by atoms with Crippen LogP contribution < -0.4 is 5.73 Å². The van der Waals surface area contributed by atoms with Crippen LogP contribution in [0.5, 0.6) is 0 Å². The van der Waals surface area contributed by atoms with Crippen LogP contribution in [0.15, 0.2) is 5.38 Å². The second-order valence-corrected chi connectivity index (χ2v) is 3.17. The Kier molecular flexibility index (Phi) is 1.97. The highest BCUT2D eigenvalue weighted by atomic mass is 35.5. The summed E-state index contributed by atoms with van der Waals surface area (Å²) in [5.74, 6) is -0.0330. The van der Waals surface area contributed by atoms with Gasteiger partial charge in [0.2, 0.25) is 0 Å². The van der Waals surface area contributed by atoms with Crippen molar-refractivity contribution in [2.75, 3.05) is 5.73 Å². The molecule has 0 radical (unpaired) electrons. The molecule has 0 aliphatic rings. The zero-order chi connectivity index (χ0) is 7.72. The molecule has 1 aromatic heterocycles. The van der Waals surface area contributed by atoms with E-state index < -0.39 is 0 Å². The first-order valence-electron chi connectivity index (χ1n) is 2.66. The number of carbonyl (C=O) groups excluding carboxylic acids is 1. The lowest BCUT2D eigenvalue weighted by Crippen LogP contribution is -1.93.